The number of phosphoric acid groups is 1. The molecule has 0 heterocycles. The van der Waals surface area contributed by atoms with Crippen LogP contribution in [0.5, 0.6) is 0 Å². The van der Waals surface area contributed by atoms with Crippen molar-refractivity contribution in [3.8, 4) is 0 Å². The van der Waals surface area contributed by atoms with Gasteiger partial charge in [-0.2, -0.15) is 0 Å². The van der Waals surface area contributed by atoms with Crippen LogP contribution in [-0.4, -0.2) is 49.3 Å². The number of hydrogen-bond acceptors (Lipinski definition) is 8. The number of rotatable bonds is 46. The van der Waals surface area contributed by atoms with Gasteiger partial charge in [0.15, 0.2) is 6.10 Å². The molecule has 0 rings (SSSR count). The molecule has 0 amide bonds. The second-order valence-corrected chi connectivity index (χ2v) is 17.8. The number of unbranched alkanes of at least 4 members (excludes halogenated alkanes) is 31. The van der Waals surface area contributed by atoms with Gasteiger partial charge in [0.25, 0.3) is 0 Å². The Hall–Kier alpha value is -1.25. The van der Waals surface area contributed by atoms with E-state index in [0.717, 1.165) is 57.8 Å². The van der Waals surface area contributed by atoms with Crippen LogP contribution in [0.15, 0.2) is 12.2 Å². The average molecular weight is 830 g/mol. The van der Waals surface area contributed by atoms with E-state index in [9.17, 15) is 19.0 Å². The summed E-state index contributed by atoms with van der Waals surface area (Å²) in [5.41, 5.74) is 5.35. The largest absolute Gasteiger partial charge is 0.472 e. The normalized spacial score (nSPS) is 13.3. The van der Waals surface area contributed by atoms with Crippen molar-refractivity contribution in [2.75, 3.05) is 26.4 Å². The van der Waals surface area contributed by atoms with Crippen molar-refractivity contribution in [2.24, 2.45) is 5.73 Å². The molecule has 0 aromatic heterocycles. The van der Waals surface area contributed by atoms with Crippen LogP contribution in [0.4, 0.5) is 0 Å². The first-order valence-corrected chi connectivity index (χ1v) is 25.7. The van der Waals surface area contributed by atoms with Gasteiger partial charge >= 0.3 is 19.8 Å². The molecule has 0 spiro atoms. The first-order valence-electron chi connectivity index (χ1n) is 24.2. The molecule has 0 saturated carbocycles. The topological polar surface area (TPSA) is 134 Å². The van der Waals surface area contributed by atoms with Gasteiger partial charge in [0.2, 0.25) is 0 Å². The fraction of sp³-hybridized carbons (Fsp3) is 0.915. The van der Waals surface area contributed by atoms with Gasteiger partial charge in [-0.3, -0.25) is 18.6 Å². The second kappa shape index (κ2) is 44.3. The Morgan fingerprint density at radius 2 is 0.860 bits per heavy atom. The van der Waals surface area contributed by atoms with Gasteiger partial charge in [-0.05, 0) is 38.5 Å². The van der Waals surface area contributed by atoms with Crippen LogP contribution in [0.2, 0.25) is 0 Å². The summed E-state index contributed by atoms with van der Waals surface area (Å²) in [5, 5.41) is 0. The molecule has 0 saturated heterocycles. The van der Waals surface area contributed by atoms with Gasteiger partial charge in [0.1, 0.15) is 6.61 Å². The molecule has 2 unspecified atom stereocenters. The molecule has 0 radical (unpaired) electrons. The van der Waals surface area contributed by atoms with Crippen molar-refractivity contribution in [2.45, 2.75) is 251 Å². The molecule has 0 aromatic carbocycles. The van der Waals surface area contributed by atoms with Crippen LogP contribution in [0, 0.1) is 0 Å². The summed E-state index contributed by atoms with van der Waals surface area (Å²) < 4.78 is 32.8. The summed E-state index contributed by atoms with van der Waals surface area (Å²) in [6.45, 7) is 3.74. The zero-order valence-electron chi connectivity index (χ0n) is 37.3. The van der Waals surface area contributed by atoms with E-state index in [0.29, 0.717) is 6.42 Å². The molecule has 0 aliphatic heterocycles. The lowest BCUT2D eigenvalue weighted by molar-refractivity contribution is -0.161. The smallest absolute Gasteiger partial charge is 0.462 e. The van der Waals surface area contributed by atoms with Gasteiger partial charge in [0.05, 0.1) is 13.2 Å². The molecule has 10 heteroatoms. The Labute approximate surface area is 351 Å². The molecule has 338 valence electrons. The van der Waals surface area contributed by atoms with Gasteiger partial charge in [-0.1, -0.05) is 206 Å². The fourth-order valence-electron chi connectivity index (χ4n) is 7.04. The molecular weight excluding hydrogens is 737 g/mol. The number of phosphoric ester groups is 1. The fourth-order valence-corrected chi connectivity index (χ4v) is 7.81. The Kier molecular flexibility index (Phi) is 43.3. The van der Waals surface area contributed by atoms with Crippen LogP contribution < -0.4 is 5.73 Å². The van der Waals surface area contributed by atoms with E-state index in [1.807, 2.05) is 0 Å². The number of hydrogen-bond donors (Lipinski definition) is 2. The molecule has 57 heavy (non-hydrogen) atoms. The zero-order valence-corrected chi connectivity index (χ0v) is 38.2. The van der Waals surface area contributed by atoms with Crippen LogP contribution in [0.1, 0.15) is 245 Å². The predicted molar refractivity (Wildman–Crippen MR) is 238 cm³/mol. The number of carbonyl (C=O) groups excluding carboxylic acids is 2. The van der Waals surface area contributed by atoms with E-state index >= 15 is 0 Å². The van der Waals surface area contributed by atoms with Crippen molar-refractivity contribution in [3.63, 3.8) is 0 Å². The van der Waals surface area contributed by atoms with E-state index in [2.05, 4.69) is 26.0 Å². The standard InChI is InChI=1S/C47H92NO8P/c1-3-5-7-9-11-13-15-17-18-19-20-21-22-23-24-25-26-27-28-30-31-33-35-37-39-46(49)53-43-45(44-55-57(51,52)54-42-41-48)56-47(50)40-38-36-34-32-29-16-14-12-10-8-6-4-2/h12,14,45H,3-11,13,15-44,48H2,1-2H3,(H,51,52)/b14-12-. The minimum absolute atomic E-state index is 0.0549. The third-order valence-electron chi connectivity index (χ3n) is 10.7. The minimum atomic E-state index is -4.37. The minimum Gasteiger partial charge on any atom is -0.462 e. The lowest BCUT2D eigenvalue weighted by Crippen LogP contribution is -2.29. The van der Waals surface area contributed by atoms with Crippen molar-refractivity contribution in [1.82, 2.24) is 0 Å². The number of esters is 2. The summed E-state index contributed by atoms with van der Waals surface area (Å²) >= 11 is 0. The van der Waals surface area contributed by atoms with E-state index in [4.69, 9.17) is 24.3 Å². The summed E-state index contributed by atoms with van der Waals surface area (Å²) in [4.78, 5) is 34.9. The average Bonchev–Trinajstić information content (AvgIpc) is 3.20. The highest BCUT2D eigenvalue weighted by Crippen LogP contribution is 2.43. The molecular formula is C47H92NO8P. The zero-order chi connectivity index (χ0) is 41.8. The van der Waals surface area contributed by atoms with Crippen molar-refractivity contribution in [1.29, 1.82) is 0 Å². The molecule has 3 N–H and O–H groups in total. The molecule has 0 aromatic rings. The van der Waals surface area contributed by atoms with Gasteiger partial charge < -0.3 is 20.1 Å². The lowest BCUT2D eigenvalue weighted by atomic mass is 10.0. The lowest BCUT2D eigenvalue weighted by Gasteiger charge is -2.19. The molecule has 0 fully saturated rings. The number of carbonyl (C=O) groups is 2. The summed E-state index contributed by atoms with van der Waals surface area (Å²) in [7, 11) is -4.37. The predicted octanol–water partition coefficient (Wildman–Crippen LogP) is 14.2. The highest BCUT2D eigenvalue weighted by molar-refractivity contribution is 7.47. The highest BCUT2D eigenvalue weighted by Gasteiger charge is 2.26. The maximum absolute atomic E-state index is 12.6. The van der Waals surface area contributed by atoms with Crippen LogP contribution in [-0.2, 0) is 32.7 Å². The molecule has 9 nitrogen and oxygen atoms in total. The SMILES string of the molecule is CCCCC/C=C\CCCCCCCC(=O)OC(COC(=O)CCCCCCCCCCCCCCCCCCCCCCCCCC)COP(=O)(O)OCCN. The quantitative estimate of drug-likeness (QED) is 0.0266. The molecule has 0 aliphatic rings. The number of ether oxygens (including phenoxy) is 2. The van der Waals surface area contributed by atoms with E-state index in [1.54, 1.807) is 0 Å². The number of allylic oxidation sites excluding steroid dienone is 2. The maximum atomic E-state index is 12.6. The maximum Gasteiger partial charge on any atom is 0.472 e. The molecule has 2 atom stereocenters. The molecule has 0 bridgehead atoms. The van der Waals surface area contributed by atoms with E-state index in [-0.39, 0.29) is 38.6 Å². The molecule has 0 aliphatic carbocycles. The van der Waals surface area contributed by atoms with Gasteiger partial charge in [-0.15, -0.1) is 0 Å². The van der Waals surface area contributed by atoms with Crippen LogP contribution >= 0.6 is 7.82 Å². The second-order valence-electron chi connectivity index (χ2n) is 16.3. The van der Waals surface area contributed by atoms with Gasteiger partial charge in [-0.25, -0.2) is 4.57 Å². The summed E-state index contributed by atoms with van der Waals surface area (Å²) in [5.74, 6) is -0.826. The van der Waals surface area contributed by atoms with Crippen molar-refractivity contribution >= 4 is 19.8 Å². The van der Waals surface area contributed by atoms with E-state index < -0.39 is 26.5 Å². The van der Waals surface area contributed by atoms with Crippen LogP contribution in [0.3, 0.4) is 0 Å². The Morgan fingerprint density at radius 3 is 1.28 bits per heavy atom. The van der Waals surface area contributed by atoms with Gasteiger partial charge in [0, 0.05) is 19.4 Å². The first kappa shape index (κ1) is 55.8. The Bertz CT molecular complexity index is 948. The summed E-state index contributed by atoms with van der Waals surface area (Å²) in [6.07, 6.45) is 46.9. The number of nitrogens with two attached hydrogens (primary N) is 1. The highest BCUT2D eigenvalue weighted by atomic mass is 31.2. The van der Waals surface area contributed by atoms with Crippen molar-refractivity contribution < 1.29 is 37.6 Å². The third-order valence-corrected chi connectivity index (χ3v) is 11.6. The first-order chi connectivity index (χ1) is 27.8. The Balaban J connectivity index is 3.94. The van der Waals surface area contributed by atoms with Crippen LogP contribution in [0.25, 0.3) is 0 Å². The van der Waals surface area contributed by atoms with Crippen molar-refractivity contribution in [3.05, 3.63) is 12.2 Å². The van der Waals surface area contributed by atoms with E-state index in [1.165, 1.54) is 154 Å². The Morgan fingerprint density at radius 1 is 0.509 bits per heavy atom. The summed E-state index contributed by atoms with van der Waals surface area (Å²) in [6, 6.07) is 0. The third kappa shape index (κ3) is 44.1. The monoisotopic (exact) mass is 830 g/mol.